The summed E-state index contributed by atoms with van der Waals surface area (Å²) in [5.41, 5.74) is 1.14. The van der Waals surface area contributed by atoms with Crippen LogP contribution in [0.3, 0.4) is 0 Å². The van der Waals surface area contributed by atoms with Gasteiger partial charge in [0, 0.05) is 9.75 Å². The Labute approximate surface area is 113 Å². The average Bonchev–Trinajstić information content (AvgIpc) is 2.81. The van der Waals surface area contributed by atoms with Crippen LogP contribution < -0.4 is 0 Å². The van der Waals surface area contributed by atoms with Crippen LogP contribution in [0, 0.1) is 0 Å². The number of alkyl halides is 3. The fourth-order valence-electron chi connectivity index (χ4n) is 1.87. The molecule has 5 heteroatoms. The van der Waals surface area contributed by atoms with Crippen molar-refractivity contribution in [2.45, 2.75) is 26.1 Å². The van der Waals surface area contributed by atoms with Gasteiger partial charge in [0.05, 0.1) is 12.2 Å². The van der Waals surface area contributed by atoms with E-state index < -0.39 is 11.7 Å². The molecule has 0 unspecified atom stereocenters. The standard InChI is InChI=1S/C14H13F3OS/c1-2-9-7-12(19-13(9)8-18)10-3-5-11(6-4-10)14(15,16)17/h3-7,18H,2,8H2,1H3. The third-order valence-electron chi connectivity index (χ3n) is 2.92. The number of rotatable bonds is 3. The lowest BCUT2D eigenvalue weighted by atomic mass is 10.1. The second-order valence-electron chi connectivity index (χ2n) is 4.15. The van der Waals surface area contributed by atoms with Gasteiger partial charge in [-0.3, -0.25) is 0 Å². The SMILES string of the molecule is CCc1cc(-c2ccc(C(F)(F)F)cc2)sc1CO. The first-order chi connectivity index (χ1) is 8.95. The van der Waals surface area contributed by atoms with Crippen molar-refractivity contribution in [2.75, 3.05) is 0 Å². The van der Waals surface area contributed by atoms with Gasteiger partial charge in [-0.2, -0.15) is 13.2 Å². The molecular weight excluding hydrogens is 273 g/mol. The summed E-state index contributed by atoms with van der Waals surface area (Å²) in [6, 6.07) is 7.03. The van der Waals surface area contributed by atoms with Gasteiger partial charge in [0.2, 0.25) is 0 Å². The fourth-order valence-corrected chi connectivity index (χ4v) is 2.98. The van der Waals surface area contributed by atoms with E-state index in [4.69, 9.17) is 0 Å². The summed E-state index contributed by atoms with van der Waals surface area (Å²) in [5.74, 6) is 0. The van der Waals surface area contributed by atoms with Crippen LogP contribution in [-0.2, 0) is 19.2 Å². The minimum absolute atomic E-state index is 0.0333. The number of thiophene rings is 1. The first kappa shape index (κ1) is 14.1. The van der Waals surface area contributed by atoms with E-state index in [9.17, 15) is 18.3 Å². The second-order valence-corrected chi connectivity index (χ2v) is 5.28. The minimum Gasteiger partial charge on any atom is -0.391 e. The molecule has 0 spiro atoms. The molecule has 0 aliphatic rings. The molecule has 2 aromatic rings. The van der Waals surface area contributed by atoms with Crippen LogP contribution in [0.1, 0.15) is 22.9 Å². The lowest BCUT2D eigenvalue weighted by molar-refractivity contribution is -0.137. The van der Waals surface area contributed by atoms with Gasteiger partial charge >= 0.3 is 6.18 Å². The highest BCUT2D eigenvalue weighted by Crippen LogP contribution is 2.34. The first-order valence-electron chi connectivity index (χ1n) is 5.85. The van der Waals surface area contributed by atoms with E-state index in [1.54, 1.807) is 0 Å². The zero-order valence-corrected chi connectivity index (χ0v) is 11.1. The van der Waals surface area contributed by atoms with Crippen molar-refractivity contribution in [3.8, 4) is 10.4 Å². The van der Waals surface area contributed by atoms with Gasteiger partial charge in [-0.05, 0) is 35.7 Å². The van der Waals surface area contributed by atoms with Gasteiger partial charge in [-0.25, -0.2) is 0 Å². The first-order valence-corrected chi connectivity index (χ1v) is 6.67. The number of halogens is 3. The Morgan fingerprint density at radius 1 is 1.16 bits per heavy atom. The number of hydrogen-bond acceptors (Lipinski definition) is 2. The van der Waals surface area contributed by atoms with E-state index >= 15 is 0 Å². The van der Waals surface area contributed by atoms with Crippen LogP contribution in [0.15, 0.2) is 30.3 Å². The largest absolute Gasteiger partial charge is 0.416 e. The number of hydrogen-bond donors (Lipinski definition) is 1. The van der Waals surface area contributed by atoms with Gasteiger partial charge in [-0.15, -0.1) is 11.3 Å². The zero-order valence-electron chi connectivity index (χ0n) is 10.3. The van der Waals surface area contributed by atoms with Crippen LogP contribution >= 0.6 is 11.3 Å². The lowest BCUT2D eigenvalue weighted by Gasteiger charge is -2.06. The highest BCUT2D eigenvalue weighted by atomic mass is 32.1. The van der Waals surface area contributed by atoms with Crippen LogP contribution in [0.2, 0.25) is 0 Å². The Bertz CT molecular complexity index is 534. The van der Waals surface area contributed by atoms with Crippen LogP contribution in [0.5, 0.6) is 0 Å². The second kappa shape index (κ2) is 5.35. The molecule has 2 rings (SSSR count). The molecule has 1 aromatic heterocycles. The van der Waals surface area contributed by atoms with Gasteiger partial charge in [0.25, 0.3) is 0 Å². The summed E-state index contributed by atoms with van der Waals surface area (Å²) in [7, 11) is 0. The zero-order chi connectivity index (χ0) is 14.0. The van der Waals surface area contributed by atoms with E-state index in [2.05, 4.69) is 0 Å². The molecule has 0 saturated heterocycles. The molecule has 1 heterocycles. The van der Waals surface area contributed by atoms with Crippen molar-refractivity contribution in [2.24, 2.45) is 0 Å². The Morgan fingerprint density at radius 3 is 2.21 bits per heavy atom. The van der Waals surface area contributed by atoms with Crippen molar-refractivity contribution < 1.29 is 18.3 Å². The molecule has 19 heavy (non-hydrogen) atoms. The monoisotopic (exact) mass is 286 g/mol. The summed E-state index contributed by atoms with van der Waals surface area (Å²) < 4.78 is 37.4. The smallest absolute Gasteiger partial charge is 0.391 e. The van der Waals surface area contributed by atoms with Gasteiger partial charge in [0.15, 0.2) is 0 Å². The van der Waals surface area contributed by atoms with Crippen molar-refractivity contribution in [1.82, 2.24) is 0 Å². The molecule has 0 bridgehead atoms. The molecule has 0 saturated carbocycles. The maximum Gasteiger partial charge on any atom is 0.416 e. The minimum atomic E-state index is -4.31. The predicted molar refractivity (Wildman–Crippen MR) is 70.1 cm³/mol. The normalized spacial score (nSPS) is 11.8. The molecule has 0 aliphatic carbocycles. The van der Waals surface area contributed by atoms with E-state index in [-0.39, 0.29) is 6.61 Å². The number of aliphatic hydroxyl groups excluding tert-OH is 1. The maximum atomic E-state index is 12.5. The summed E-state index contributed by atoms with van der Waals surface area (Å²) in [6.07, 6.45) is -3.51. The molecule has 1 N–H and O–H groups in total. The van der Waals surface area contributed by atoms with Gasteiger partial charge < -0.3 is 5.11 Å². The van der Waals surface area contributed by atoms with Crippen molar-refractivity contribution in [3.63, 3.8) is 0 Å². The highest BCUT2D eigenvalue weighted by Gasteiger charge is 2.30. The fraction of sp³-hybridized carbons (Fsp3) is 0.286. The third kappa shape index (κ3) is 2.98. The summed E-state index contributed by atoms with van der Waals surface area (Å²) in [5, 5.41) is 9.22. The summed E-state index contributed by atoms with van der Waals surface area (Å²) in [6.45, 7) is 1.95. The number of aryl methyl sites for hydroxylation is 1. The molecule has 0 radical (unpaired) electrons. The maximum absolute atomic E-state index is 12.5. The highest BCUT2D eigenvalue weighted by molar-refractivity contribution is 7.15. The Morgan fingerprint density at radius 2 is 1.79 bits per heavy atom. The summed E-state index contributed by atoms with van der Waals surface area (Å²) in [4.78, 5) is 1.76. The third-order valence-corrected chi connectivity index (χ3v) is 4.13. The van der Waals surface area contributed by atoms with E-state index in [1.807, 2.05) is 13.0 Å². The van der Waals surface area contributed by atoms with E-state index in [0.29, 0.717) is 0 Å². The Hall–Kier alpha value is -1.33. The van der Waals surface area contributed by atoms with Crippen LogP contribution in [0.25, 0.3) is 10.4 Å². The molecule has 0 aliphatic heterocycles. The quantitative estimate of drug-likeness (QED) is 0.881. The average molecular weight is 286 g/mol. The van der Waals surface area contributed by atoms with E-state index in [1.165, 1.54) is 23.5 Å². The van der Waals surface area contributed by atoms with Crippen LogP contribution in [0.4, 0.5) is 13.2 Å². The predicted octanol–water partition coefficient (Wildman–Crippen LogP) is 4.49. The Balaban J connectivity index is 2.34. The molecule has 1 nitrogen and oxygen atoms in total. The Kier molecular flexibility index (Phi) is 3.96. The molecule has 0 fully saturated rings. The van der Waals surface area contributed by atoms with Crippen molar-refractivity contribution in [3.05, 3.63) is 46.3 Å². The van der Waals surface area contributed by atoms with Gasteiger partial charge in [-0.1, -0.05) is 19.1 Å². The molecule has 0 atom stereocenters. The number of benzene rings is 1. The lowest BCUT2D eigenvalue weighted by Crippen LogP contribution is -2.03. The topological polar surface area (TPSA) is 20.2 Å². The molecule has 0 amide bonds. The molecule has 102 valence electrons. The van der Waals surface area contributed by atoms with Crippen LogP contribution in [-0.4, -0.2) is 5.11 Å². The molecular formula is C14H13F3OS. The van der Waals surface area contributed by atoms with E-state index in [0.717, 1.165) is 39.4 Å². The van der Waals surface area contributed by atoms with Crippen molar-refractivity contribution in [1.29, 1.82) is 0 Å². The number of aliphatic hydroxyl groups is 1. The van der Waals surface area contributed by atoms with Gasteiger partial charge in [0.1, 0.15) is 0 Å². The molecule has 1 aromatic carbocycles. The summed E-state index contributed by atoms with van der Waals surface area (Å²) >= 11 is 1.42. The van der Waals surface area contributed by atoms with Crippen molar-refractivity contribution >= 4 is 11.3 Å².